The molecular weight excluding hydrogens is 344 g/mol. The van der Waals surface area contributed by atoms with Crippen molar-refractivity contribution in [2.45, 2.75) is 39.3 Å². The predicted molar refractivity (Wildman–Crippen MR) is 101 cm³/mol. The van der Waals surface area contributed by atoms with E-state index in [4.69, 9.17) is 9.57 Å². The van der Waals surface area contributed by atoms with E-state index in [1.807, 2.05) is 29.2 Å². The van der Waals surface area contributed by atoms with Crippen LogP contribution in [0.5, 0.6) is 5.75 Å². The van der Waals surface area contributed by atoms with Gasteiger partial charge >= 0.3 is 0 Å². The molecule has 0 unspecified atom stereocenters. The third-order valence-electron chi connectivity index (χ3n) is 5.22. The number of H-pyrrole nitrogens is 1. The van der Waals surface area contributed by atoms with Crippen molar-refractivity contribution in [2.75, 3.05) is 13.7 Å². The van der Waals surface area contributed by atoms with Gasteiger partial charge < -0.3 is 14.5 Å². The fourth-order valence-corrected chi connectivity index (χ4v) is 3.57. The van der Waals surface area contributed by atoms with E-state index < -0.39 is 6.10 Å². The van der Waals surface area contributed by atoms with Gasteiger partial charge in [-0.2, -0.15) is 5.10 Å². The molecule has 142 valence electrons. The van der Waals surface area contributed by atoms with Crippen LogP contribution in [0.2, 0.25) is 0 Å². The Bertz CT molecular complexity index is 887. The Balaban J connectivity index is 1.53. The first-order valence-electron chi connectivity index (χ1n) is 9.28. The van der Waals surface area contributed by atoms with Gasteiger partial charge in [0.25, 0.3) is 5.91 Å². The number of fused-ring (bicyclic) bond motifs is 1. The fraction of sp³-hybridized carbons (Fsp3) is 0.450. The lowest BCUT2D eigenvalue weighted by atomic mass is 9.99. The molecule has 1 aromatic carbocycles. The zero-order valence-corrected chi connectivity index (χ0v) is 15.9. The van der Waals surface area contributed by atoms with Gasteiger partial charge in [-0.25, -0.2) is 0 Å². The van der Waals surface area contributed by atoms with Crippen molar-refractivity contribution in [3.63, 3.8) is 0 Å². The molecule has 7 nitrogen and oxygen atoms in total. The highest BCUT2D eigenvalue weighted by atomic mass is 16.6. The Kier molecular flexibility index (Phi) is 4.59. The van der Waals surface area contributed by atoms with Crippen molar-refractivity contribution in [3.8, 4) is 17.0 Å². The van der Waals surface area contributed by atoms with E-state index in [2.05, 4.69) is 29.2 Å². The number of ether oxygens (including phenoxy) is 1. The number of nitrogens with zero attached hydrogens (tertiary/aromatic N) is 3. The lowest BCUT2D eigenvalue weighted by Gasteiger charge is -2.28. The first-order chi connectivity index (χ1) is 13.1. The van der Waals surface area contributed by atoms with Gasteiger partial charge in [-0.05, 0) is 18.1 Å². The number of amides is 1. The third-order valence-corrected chi connectivity index (χ3v) is 5.22. The summed E-state index contributed by atoms with van der Waals surface area (Å²) in [4.78, 5) is 20.2. The molecule has 2 aliphatic heterocycles. The summed E-state index contributed by atoms with van der Waals surface area (Å²) in [5.74, 6) is 1.08. The number of benzene rings is 1. The second-order valence-electron chi connectivity index (χ2n) is 7.31. The lowest BCUT2D eigenvalue weighted by molar-refractivity contribution is -0.143. The van der Waals surface area contributed by atoms with Crippen LogP contribution in [-0.4, -0.2) is 46.5 Å². The maximum Gasteiger partial charge on any atom is 0.267 e. The Morgan fingerprint density at radius 2 is 2.26 bits per heavy atom. The minimum Gasteiger partial charge on any atom is -0.497 e. The summed E-state index contributed by atoms with van der Waals surface area (Å²) in [6.45, 7) is 5.30. The average molecular weight is 368 g/mol. The second kappa shape index (κ2) is 7.06. The van der Waals surface area contributed by atoms with E-state index in [1.165, 1.54) is 0 Å². The van der Waals surface area contributed by atoms with Crippen LogP contribution < -0.4 is 4.74 Å². The minimum atomic E-state index is -0.504. The van der Waals surface area contributed by atoms with Crippen molar-refractivity contribution in [2.24, 2.45) is 11.1 Å². The summed E-state index contributed by atoms with van der Waals surface area (Å²) in [6.07, 6.45) is 0.826. The number of aromatic nitrogens is 2. The number of rotatable bonds is 4. The number of carbonyl (C=O) groups excluding carboxylic acids is 1. The molecule has 3 heterocycles. The first kappa shape index (κ1) is 17.6. The molecule has 27 heavy (non-hydrogen) atoms. The number of nitrogens with one attached hydrogen (secondary N) is 1. The van der Waals surface area contributed by atoms with Crippen molar-refractivity contribution in [3.05, 3.63) is 35.5 Å². The largest absolute Gasteiger partial charge is 0.497 e. The van der Waals surface area contributed by atoms with Gasteiger partial charge in [-0.15, -0.1) is 0 Å². The van der Waals surface area contributed by atoms with Gasteiger partial charge in [0, 0.05) is 42.8 Å². The third kappa shape index (κ3) is 3.29. The van der Waals surface area contributed by atoms with Crippen LogP contribution >= 0.6 is 0 Å². The molecule has 2 aromatic rings. The van der Waals surface area contributed by atoms with E-state index >= 15 is 0 Å². The monoisotopic (exact) mass is 368 g/mol. The molecule has 1 amide bonds. The van der Waals surface area contributed by atoms with Gasteiger partial charge in [0.15, 0.2) is 0 Å². The summed E-state index contributed by atoms with van der Waals surface area (Å²) in [5.41, 5.74) is 4.94. The van der Waals surface area contributed by atoms with Gasteiger partial charge in [0.05, 0.1) is 18.5 Å². The number of hydrogen-bond acceptors (Lipinski definition) is 5. The quantitative estimate of drug-likeness (QED) is 0.900. The average Bonchev–Trinajstić information content (AvgIpc) is 3.34. The molecule has 1 atom stereocenters. The molecule has 1 N–H and O–H groups in total. The first-order valence-corrected chi connectivity index (χ1v) is 9.28. The lowest BCUT2D eigenvalue weighted by Crippen LogP contribution is -2.42. The number of aromatic amines is 1. The molecule has 4 rings (SSSR count). The van der Waals surface area contributed by atoms with Crippen LogP contribution in [0.1, 0.15) is 31.5 Å². The summed E-state index contributed by atoms with van der Waals surface area (Å²) in [6, 6.07) is 7.81. The maximum atomic E-state index is 12.9. The topological polar surface area (TPSA) is 79.8 Å². The summed E-state index contributed by atoms with van der Waals surface area (Å²) >= 11 is 0. The minimum absolute atomic E-state index is 0.00200. The smallest absolute Gasteiger partial charge is 0.267 e. The van der Waals surface area contributed by atoms with E-state index in [1.54, 1.807) is 7.11 Å². The molecule has 2 aliphatic rings. The van der Waals surface area contributed by atoms with Crippen molar-refractivity contribution < 1.29 is 14.4 Å². The molecule has 0 radical (unpaired) electrons. The molecule has 0 spiro atoms. The summed E-state index contributed by atoms with van der Waals surface area (Å²) < 4.78 is 5.32. The number of carbonyl (C=O) groups is 1. The fourth-order valence-electron chi connectivity index (χ4n) is 3.57. The highest BCUT2D eigenvalue weighted by Crippen LogP contribution is 2.31. The summed E-state index contributed by atoms with van der Waals surface area (Å²) in [5, 5.41) is 11.7. The molecule has 0 saturated heterocycles. The van der Waals surface area contributed by atoms with E-state index in [-0.39, 0.29) is 5.91 Å². The molecule has 0 aliphatic carbocycles. The van der Waals surface area contributed by atoms with Crippen molar-refractivity contribution in [1.29, 1.82) is 0 Å². The van der Waals surface area contributed by atoms with Crippen LogP contribution in [-0.2, 0) is 22.6 Å². The highest BCUT2D eigenvalue weighted by molar-refractivity contribution is 5.94. The van der Waals surface area contributed by atoms with E-state index in [9.17, 15) is 4.79 Å². The summed E-state index contributed by atoms with van der Waals surface area (Å²) in [7, 11) is 1.65. The zero-order valence-electron chi connectivity index (χ0n) is 15.9. The normalized spacial score (nSPS) is 18.9. The van der Waals surface area contributed by atoms with Crippen LogP contribution in [0.4, 0.5) is 0 Å². The van der Waals surface area contributed by atoms with Crippen molar-refractivity contribution in [1.82, 2.24) is 15.1 Å². The second-order valence-corrected chi connectivity index (χ2v) is 7.31. The molecule has 1 aromatic heterocycles. The highest BCUT2D eigenvalue weighted by Gasteiger charge is 2.35. The molecule has 7 heteroatoms. The van der Waals surface area contributed by atoms with Crippen LogP contribution in [0.25, 0.3) is 11.3 Å². The van der Waals surface area contributed by atoms with Gasteiger partial charge in [0.2, 0.25) is 6.10 Å². The molecule has 0 saturated carbocycles. The standard InChI is InChI=1S/C20H24N4O3/c1-12(2)17-10-18(27-23-17)20(25)24-8-7-16-15(11-24)19(22-21-16)13-5-4-6-14(9-13)26-3/h4-6,9,12,18H,7-8,10-11H2,1-3H3,(H,21,22)/t18-/m1/s1. The Hall–Kier alpha value is -2.83. The van der Waals surface area contributed by atoms with Gasteiger partial charge in [-0.1, -0.05) is 31.1 Å². The Labute approximate surface area is 158 Å². The molecule has 0 bridgehead atoms. The van der Waals surface area contributed by atoms with Crippen LogP contribution in [0.3, 0.4) is 0 Å². The van der Waals surface area contributed by atoms with E-state index in [0.29, 0.717) is 25.4 Å². The predicted octanol–water partition coefficient (Wildman–Crippen LogP) is 2.77. The number of hydrogen-bond donors (Lipinski definition) is 1. The van der Waals surface area contributed by atoms with E-state index in [0.717, 1.165) is 40.4 Å². The van der Waals surface area contributed by atoms with Gasteiger partial charge in [-0.3, -0.25) is 9.89 Å². The van der Waals surface area contributed by atoms with Gasteiger partial charge in [0.1, 0.15) is 5.75 Å². The Morgan fingerprint density at radius 1 is 1.41 bits per heavy atom. The molecular formula is C20H24N4O3. The van der Waals surface area contributed by atoms with Crippen molar-refractivity contribution >= 4 is 11.6 Å². The number of methoxy groups -OCH3 is 1. The number of oxime groups is 1. The van der Waals surface area contributed by atoms with Crippen LogP contribution in [0.15, 0.2) is 29.4 Å². The molecule has 0 fully saturated rings. The Morgan fingerprint density at radius 3 is 3.00 bits per heavy atom. The van der Waals surface area contributed by atoms with Crippen LogP contribution in [0, 0.1) is 5.92 Å². The zero-order chi connectivity index (χ0) is 19.0. The SMILES string of the molecule is COc1cccc(-c2n[nH]c3c2CN(C(=O)[C@H]2CC(C(C)C)=NO2)CC3)c1. The maximum absolute atomic E-state index is 12.9.